The second-order valence-corrected chi connectivity index (χ2v) is 4.66. The molecule has 0 fully saturated rings. The van der Waals surface area contributed by atoms with E-state index in [1.807, 2.05) is 0 Å². The van der Waals surface area contributed by atoms with Crippen LogP contribution in [0, 0.1) is 6.92 Å². The molecule has 1 aromatic carbocycles. The number of hydrogen-bond acceptors (Lipinski definition) is 3. The fraction of sp³-hybridized carbons (Fsp3) is 0.429. The summed E-state index contributed by atoms with van der Waals surface area (Å²) in [4.78, 5) is 23.0. The summed E-state index contributed by atoms with van der Waals surface area (Å²) in [5.41, 5.74) is 1.03. The number of rotatable bonds is 2. The van der Waals surface area contributed by atoms with Gasteiger partial charge >= 0.3 is 11.9 Å². The molecule has 1 unspecified atom stereocenters. The first-order valence-corrected chi connectivity index (χ1v) is 6.08. The zero-order valence-electron chi connectivity index (χ0n) is 10.7. The van der Waals surface area contributed by atoms with Crippen molar-refractivity contribution in [2.24, 2.45) is 0 Å². The number of hydrogen-bond donors (Lipinski definition) is 0. The van der Waals surface area contributed by atoms with Gasteiger partial charge in [-0.15, -0.1) is 0 Å². The minimum absolute atomic E-state index is 0.0508. The third-order valence-corrected chi connectivity index (χ3v) is 3.14. The molecule has 0 N–H and O–H groups in total. The number of aryl methyl sites for hydroxylation is 1. The van der Waals surface area contributed by atoms with Gasteiger partial charge < -0.3 is 4.74 Å². The lowest BCUT2D eigenvalue weighted by Gasteiger charge is -2.30. The van der Waals surface area contributed by atoms with Crippen LogP contribution in [-0.2, 0) is 9.53 Å². The molecule has 0 aliphatic heterocycles. The maximum absolute atomic E-state index is 13.7. The number of alkyl halides is 2. The molecule has 0 amide bonds. The molecule has 0 saturated heterocycles. The highest BCUT2D eigenvalue weighted by molar-refractivity contribution is 6.04. The standard InChI is InChI=1S/C14H14F2O3/c1-3-12(17)19-11-7-14(15,16)13(18)10-6-8(2)4-5-9(10)11/h4-6,11H,3,7H2,1-2H3. The summed E-state index contributed by atoms with van der Waals surface area (Å²) in [6.07, 6.45) is -1.74. The first-order chi connectivity index (χ1) is 8.85. The Morgan fingerprint density at radius 1 is 1.47 bits per heavy atom. The van der Waals surface area contributed by atoms with Crippen molar-refractivity contribution >= 4 is 11.8 Å². The average Bonchev–Trinajstić information content (AvgIpc) is 2.35. The number of ether oxygens (including phenoxy) is 1. The van der Waals surface area contributed by atoms with Crippen LogP contribution in [0.15, 0.2) is 18.2 Å². The van der Waals surface area contributed by atoms with E-state index in [2.05, 4.69) is 0 Å². The molecule has 1 atom stereocenters. The largest absolute Gasteiger partial charge is 0.457 e. The van der Waals surface area contributed by atoms with E-state index in [0.29, 0.717) is 11.1 Å². The Morgan fingerprint density at radius 2 is 2.16 bits per heavy atom. The predicted octanol–water partition coefficient (Wildman–Crippen LogP) is 3.21. The molecule has 3 nitrogen and oxygen atoms in total. The minimum Gasteiger partial charge on any atom is -0.457 e. The van der Waals surface area contributed by atoms with Crippen LogP contribution < -0.4 is 0 Å². The van der Waals surface area contributed by atoms with E-state index < -0.39 is 30.2 Å². The van der Waals surface area contributed by atoms with Crippen molar-refractivity contribution in [1.82, 2.24) is 0 Å². The Hall–Kier alpha value is -1.78. The Kier molecular flexibility index (Phi) is 3.39. The Balaban J connectivity index is 2.46. The second kappa shape index (κ2) is 4.72. The van der Waals surface area contributed by atoms with Gasteiger partial charge in [0, 0.05) is 17.5 Å². The zero-order valence-corrected chi connectivity index (χ0v) is 10.7. The molecule has 5 heteroatoms. The van der Waals surface area contributed by atoms with E-state index in [0.717, 1.165) is 0 Å². The second-order valence-electron chi connectivity index (χ2n) is 4.66. The normalized spacial score (nSPS) is 20.8. The Labute approximate surface area is 109 Å². The summed E-state index contributed by atoms with van der Waals surface area (Å²) in [7, 11) is 0. The van der Waals surface area contributed by atoms with Crippen LogP contribution in [0.25, 0.3) is 0 Å². The number of Topliss-reactive ketones (excluding diaryl/α,β-unsaturated/α-hetero) is 1. The molecule has 0 saturated carbocycles. The summed E-state index contributed by atoms with van der Waals surface area (Å²) in [5.74, 6) is -5.24. The van der Waals surface area contributed by atoms with Gasteiger partial charge in [0.2, 0.25) is 5.78 Å². The van der Waals surface area contributed by atoms with Crippen molar-refractivity contribution in [3.8, 4) is 0 Å². The highest BCUT2D eigenvalue weighted by Crippen LogP contribution is 2.41. The topological polar surface area (TPSA) is 43.4 Å². The van der Waals surface area contributed by atoms with E-state index in [1.165, 1.54) is 6.07 Å². The number of benzene rings is 1. The summed E-state index contributed by atoms with van der Waals surface area (Å²) >= 11 is 0. The first kappa shape index (κ1) is 13.6. The van der Waals surface area contributed by atoms with E-state index in [4.69, 9.17) is 4.74 Å². The van der Waals surface area contributed by atoms with Crippen molar-refractivity contribution in [3.63, 3.8) is 0 Å². The molecular weight excluding hydrogens is 254 g/mol. The highest BCUT2D eigenvalue weighted by atomic mass is 19.3. The minimum atomic E-state index is -3.49. The third-order valence-electron chi connectivity index (χ3n) is 3.14. The molecule has 0 aromatic heterocycles. The van der Waals surface area contributed by atoms with Gasteiger partial charge in [-0.3, -0.25) is 9.59 Å². The van der Waals surface area contributed by atoms with Crippen molar-refractivity contribution in [2.75, 3.05) is 0 Å². The van der Waals surface area contributed by atoms with Gasteiger partial charge in [-0.05, 0) is 13.0 Å². The Bertz CT molecular complexity index is 537. The molecule has 0 radical (unpaired) electrons. The van der Waals surface area contributed by atoms with E-state index in [-0.39, 0.29) is 12.0 Å². The van der Waals surface area contributed by atoms with Gasteiger partial charge in [-0.1, -0.05) is 24.6 Å². The maximum atomic E-state index is 13.7. The number of carbonyl (C=O) groups excluding carboxylic acids is 2. The highest BCUT2D eigenvalue weighted by Gasteiger charge is 2.48. The molecule has 0 heterocycles. The van der Waals surface area contributed by atoms with Gasteiger partial charge in [0.15, 0.2) is 0 Å². The van der Waals surface area contributed by atoms with Crippen molar-refractivity contribution in [2.45, 2.75) is 38.7 Å². The molecule has 1 aromatic rings. The molecule has 1 aliphatic carbocycles. The summed E-state index contributed by atoms with van der Waals surface area (Å²) in [5, 5.41) is 0. The summed E-state index contributed by atoms with van der Waals surface area (Å²) < 4.78 is 32.4. The van der Waals surface area contributed by atoms with Crippen molar-refractivity contribution < 1.29 is 23.1 Å². The third kappa shape index (κ3) is 2.50. The van der Waals surface area contributed by atoms with Gasteiger partial charge in [0.1, 0.15) is 6.10 Å². The van der Waals surface area contributed by atoms with Crippen LogP contribution in [0.5, 0.6) is 0 Å². The van der Waals surface area contributed by atoms with Crippen LogP contribution in [0.3, 0.4) is 0 Å². The predicted molar refractivity (Wildman–Crippen MR) is 64.2 cm³/mol. The molecule has 2 rings (SSSR count). The van der Waals surface area contributed by atoms with Crippen LogP contribution in [0.1, 0.15) is 47.4 Å². The fourth-order valence-corrected chi connectivity index (χ4v) is 2.13. The number of carbonyl (C=O) groups is 2. The lowest BCUT2D eigenvalue weighted by molar-refractivity contribution is -0.153. The molecular formula is C14H14F2O3. The first-order valence-electron chi connectivity index (χ1n) is 6.08. The lowest BCUT2D eigenvalue weighted by Crippen LogP contribution is -2.37. The monoisotopic (exact) mass is 268 g/mol. The fourth-order valence-electron chi connectivity index (χ4n) is 2.13. The van der Waals surface area contributed by atoms with Gasteiger partial charge in [0.25, 0.3) is 0 Å². The van der Waals surface area contributed by atoms with Crippen LogP contribution in [-0.4, -0.2) is 17.7 Å². The van der Waals surface area contributed by atoms with Crippen LogP contribution >= 0.6 is 0 Å². The molecule has 0 spiro atoms. The van der Waals surface area contributed by atoms with Gasteiger partial charge in [-0.25, -0.2) is 0 Å². The summed E-state index contributed by atoms with van der Waals surface area (Å²) in [6, 6.07) is 4.70. The summed E-state index contributed by atoms with van der Waals surface area (Å²) in [6.45, 7) is 3.30. The number of esters is 1. The van der Waals surface area contributed by atoms with Crippen LogP contribution in [0.4, 0.5) is 8.78 Å². The number of halogens is 2. The van der Waals surface area contributed by atoms with E-state index in [9.17, 15) is 18.4 Å². The van der Waals surface area contributed by atoms with Gasteiger partial charge in [-0.2, -0.15) is 8.78 Å². The molecule has 19 heavy (non-hydrogen) atoms. The molecule has 0 bridgehead atoms. The number of fused-ring (bicyclic) bond motifs is 1. The quantitative estimate of drug-likeness (QED) is 0.773. The van der Waals surface area contributed by atoms with Crippen LogP contribution in [0.2, 0.25) is 0 Å². The Morgan fingerprint density at radius 3 is 2.79 bits per heavy atom. The number of ketones is 1. The maximum Gasteiger partial charge on any atom is 0.313 e. The zero-order chi connectivity index (χ0) is 14.2. The van der Waals surface area contributed by atoms with E-state index >= 15 is 0 Å². The van der Waals surface area contributed by atoms with Crippen molar-refractivity contribution in [1.29, 1.82) is 0 Å². The van der Waals surface area contributed by atoms with Crippen molar-refractivity contribution in [3.05, 3.63) is 34.9 Å². The lowest BCUT2D eigenvalue weighted by atomic mass is 9.85. The smallest absolute Gasteiger partial charge is 0.313 e. The molecule has 1 aliphatic rings. The van der Waals surface area contributed by atoms with E-state index in [1.54, 1.807) is 26.0 Å². The SMILES string of the molecule is CCC(=O)OC1CC(F)(F)C(=O)c2cc(C)ccc21. The molecule has 102 valence electrons. The average molecular weight is 268 g/mol. The van der Waals surface area contributed by atoms with Gasteiger partial charge in [0.05, 0.1) is 6.42 Å².